The van der Waals surface area contributed by atoms with Crippen LogP contribution in [0.15, 0.2) is 30.6 Å². The van der Waals surface area contributed by atoms with Gasteiger partial charge in [0.25, 0.3) is 0 Å². The fraction of sp³-hybridized carbons (Fsp3) is 0.647. The first-order valence-corrected chi connectivity index (χ1v) is 7.87. The smallest absolute Gasteiger partial charge is 0.222 e. The maximum absolute atomic E-state index is 12.2. The van der Waals surface area contributed by atoms with Gasteiger partial charge in [-0.25, -0.2) is 4.57 Å². The summed E-state index contributed by atoms with van der Waals surface area (Å²) in [7, 11) is 0. The Kier molecular flexibility index (Phi) is 5.57. The summed E-state index contributed by atoms with van der Waals surface area (Å²) in [6.45, 7) is 7.41. The van der Waals surface area contributed by atoms with Crippen LogP contribution in [0.1, 0.15) is 39.5 Å². The van der Waals surface area contributed by atoms with E-state index in [-0.39, 0.29) is 0 Å². The van der Waals surface area contributed by atoms with E-state index in [1.807, 2.05) is 18.2 Å². The maximum atomic E-state index is 12.2. The predicted octanol–water partition coefficient (Wildman–Crippen LogP) is 2.65. The number of carbonyl (C=O) groups excluding carboxylic acids is 1. The molecule has 0 N–H and O–H groups in total. The van der Waals surface area contributed by atoms with Gasteiger partial charge in [-0.1, -0.05) is 19.9 Å². The minimum Gasteiger partial charge on any atom is -0.342 e. The van der Waals surface area contributed by atoms with Gasteiger partial charge < -0.3 is 4.90 Å². The van der Waals surface area contributed by atoms with Crippen LogP contribution < -0.4 is 4.57 Å². The minimum absolute atomic E-state index is 0.349. The number of nitrogens with zero attached hydrogens (tertiary/aromatic N) is 2. The molecule has 110 valence electrons. The van der Waals surface area contributed by atoms with Gasteiger partial charge >= 0.3 is 0 Å². The molecule has 0 saturated carbocycles. The van der Waals surface area contributed by atoms with Gasteiger partial charge in [0.15, 0.2) is 12.4 Å². The van der Waals surface area contributed by atoms with E-state index in [4.69, 9.17) is 0 Å². The first-order valence-electron chi connectivity index (χ1n) is 7.87. The normalized spacial score (nSPS) is 22.8. The first kappa shape index (κ1) is 15.0. The van der Waals surface area contributed by atoms with Crippen molar-refractivity contribution in [1.29, 1.82) is 0 Å². The van der Waals surface area contributed by atoms with Crippen LogP contribution in [0, 0.1) is 11.8 Å². The van der Waals surface area contributed by atoms with Crippen LogP contribution >= 0.6 is 0 Å². The Morgan fingerprint density at radius 2 is 1.75 bits per heavy atom. The van der Waals surface area contributed by atoms with E-state index in [0.29, 0.717) is 24.2 Å². The zero-order valence-electron chi connectivity index (χ0n) is 12.8. The molecule has 2 atom stereocenters. The summed E-state index contributed by atoms with van der Waals surface area (Å²) in [6.07, 6.45) is 8.17. The zero-order chi connectivity index (χ0) is 14.4. The van der Waals surface area contributed by atoms with Gasteiger partial charge in [-0.3, -0.25) is 4.79 Å². The minimum atomic E-state index is 0.349. The van der Waals surface area contributed by atoms with Gasteiger partial charge in [0.2, 0.25) is 5.91 Å². The third-order valence-corrected chi connectivity index (χ3v) is 4.06. The van der Waals surface area contributed by atoms with E-state index < -0.39 is 0 Å². The highest BCUT2D eigenvalue weighted by molar-refractivity contribution is 5.76. The molecule has 0 aliphatic carbocycles. The lowest BCUT2D eigenvalue weighted by Gasteiger charge is -2.35. The van der Waals surface area contributed by atoms with Crippen molar-refractivity contribution in [3.63, 3.8) is 0 Å². The summed E-state index contributed by atoms with van der Waals surface area (Å²) < 4.78 is 2.18. The molecular weight excluding hydrogens is 248 g/mol. The Morgan fingerprint density at radius 1 is 1.10 bits per heavy atom. The molecule has 1 fully saturated rings. The monoisotopic (exact) mass is 275 g/mol. The summed E-state index contributed by atoms with van der Waals surface area (Å²) in [5.74, 6) is 1.66. The quantitative estimate of drug-likeness (QED) is 0.599. The number of aromatic nitrogens is 1. The maximum Gasteiger partial charge on any atom is 0.222 e. The Hall–Kier alpha value is -1.38. The molecule has 0 bridgehead atoms. The number of carbonyl (C=O) groups is 1. The summed E-state index contributed by atoms with van der Waals surface area (Å²) in [4.78, 5) is 14.3. The SMILES string of the molecule is CC1CC(C)CN(C(=O)CCCC[n+]2ccccc2)C1. The van der Waals surface area contributed by atoms with Gasteiger partial charge in [0, 0.05) is 38.1 Å². The van der Waals surface area contributed by atoms with Crippen LogP contribution in [-0.4, -0.2) is 23.9 Å². The van der Waals surface area contributed by atoms with E-state index in [2.05, 4.69) is 35.7 Å². The van der Waals surface area contributed by atoms with Crippen molar-refractivity contribution in [3.8, 4) is 0 Å². The predicted molar refractivity (Wildman–Crippen MR) is 80.0 cm³/mol. The molecule has 3 nitrogen and oxygen atoms in total. The number of hydrogen-bond acceptors (Lipinski definition) is 1. The topological polar surface area (TPSA) is 24.2 Å². The number of aryl methyl sites for hydroxylation is 1. The highest BCUT2D eigenvalue weighted by Gasteiger charge is 2.24. The molecule has 2 unspecified atom stereocenters. The molecule has 0 aromatic carbocycles. The van der Waals surface area contributed by atoms with Crippen LogP contribution in [0.5, 0.6) is 0 Å². The standard InChI is InChI=1S/C17H27N2O/c1-15-12-16(2)14-19(13-15)17(20)8-4-7-11-18-9-5-3-6-10-18/h3,5-6,9-10,15-16H,4,7-8,11-14H2,1-2H3/q+1. The average molecular weight is 275 g/mol. The third kappa shape index (κ3) is 4.62. The summed E-state index contributed by atoms with van der Waals surface area (Å²) in [6, 6.07) is 6.11. The van der Waals surface area contributed by atoms with Crippen LogP contribution in [0.25, 0.3) is 0 Å². The van der Waals surface area contributed by atoms with Gasteiger partial charge in [0.1, 0.15) is 6.54 Å². The van der Waals surface area contributed by atoms with Gasteiger partial charge in [-0.05, 0) is 24.7 Å². The molecule has 1 aliphatic heterocycles. The summed E-state index contributed by atoms with van der Waals surface area (Å²) in [5.41, 5.74) is 0. The molecule has 3 heteroatoms. The molecule has 1 saturated heterocycles. The van der Waals surface area contributed by atoms with Crippen molar-refractivity contribution in [2.75, 3.05) is 13.1 Å². The van der Waals surface area contributed by atoms with Gasteiger partial charge in [0.05, 0.1) is 0 Å². The number of unbranched alkanes of at least 4 members (excludes halogenated alkanes) is 1. The highest BCUT2D eigenvalue weighted by Crippen LogP contribution is 2.21. The highest BCUT2D eigenvalue weighted by atomic mass is 16.2. The number of likely N-dealkylation sites (tertiary alicyclic amines) is 1. The Labute approximate surface area is 122 Å². The molecule has 2 rings (SSSR count). The van der Waals surface area contributed by atoms with Gasteiger partial charge in [-0.15, -0.1) is 0 Å². The molecular formula is C17H27N2O+. The second kappa shape index (κ2) is 7.41. The van der Waals surface area contributed by atoms with E-state index >= 15 is 0 Å². The lowest BCUT2D eigenvalue weighted by molar-refractivity contribution is -0.697. The van der Waals surface area contributed by atoms with Crippen molar-refractivity contribution < 1.29 is 9.36 Å². The third-order valence-electron chi connectivity index (χ3n) is 4.06. The summed E-state index contributed by atoms with van der Waals surface area (Å²) in [5, 5.41) is 0. The second-order valence-corrected chi connectivity index (χ2v) is 6.32. The fourth-order valence-corrected chi connectivity index (χ4v) is 3.18. The zero-order valence-corrected chi connectivity index (χ0v) is 12.8. The molecule has 1 aromatic rings. The van der Waals surface area contributed by atoms with Crippen molar-refractivity contribution in [1.82, 2.24) is 4.90 Å². The number of pyridine rings is 1. The average Bonchev–Trinajstić information content (AvgIpc) is 2.43. The van der Waals surface area contributed by atoms with Crippen molar-refractivity contribution >= 4 is 5.91 Å². The molecule has 0 radical (unpaired) electrons. The van der Waals surface area contributed by atoms with Crippen molar-refractivity contribution in [2.24, 2.45) is 11.8 Å². The van der Waals surface area contributed by atoms with E-state index in [1.165, 1.54) is 6.42 Å². The lowest BCUT2D eigenvalue weighted by atomic mass is 9.91. The Bertz CT molecular complexity index is 408. The Balaban J connectivity index is 1.67. The van der Waals surface area contributed by atoms with Gasteiger partial charge in [-0.2, -0.15) is 0 Å². The number of piperidine rings is 1. The largest absolute Gasteiger partial charge is 0.342 e. The fourth-order valence-electron chi connectivity index (χ4n) is 3.18. The summed E-state index contributed by atoms with van der Waals surface area (Å²) >= 11 is 0. The van der Waals surface area contributed by atoms with Crippen molar-refractivity contribution in [2.45, 2.75) is 46.1 Å². The number of amides is 1. The van der Waals surface area contributed by atoms with Crippen molar-refractivity contribution in [3.05, 3.63) is 30.6 Å². The van der Waals surface area contributed by atoms with Crippen LogP contribution in [0.3, 0.4) is 0 Å². The van der Waals surface area contributed by atoms with E-state index in [0.717, 1.165) is 32.5 Å². The van der Waals surface area contributed by atoms with Crippen LogP contribution in [-0.2, 0) is 11.3 Å². The molecule has 1 amide bonds. The first-order chi connectivity index (χ1) is 9.65. The van der Waals surface area contributed by atoms with Crippen LogP contribution in [0.4, 0.5) is 0 Å². The second-order valence-electron chi connectivity index (χ2n) is 6.32. The number of hydrogen-bond donors (Lipinski definition) is 0. The van der Waals surface area contributed by atoms with E-state index in [1.54, 1.807) is 0 Å². The molecule has 20 heavy (non-hydrogen) atoms. The lowest BCUT2D eigenvalue weighted by Crippen LogP contribution is -2.42. The Morgan fingerprint density at radius 3 is 2.40 bits per heavy atom. The molecule has 2 heterocycles. The molecule has 1 aliphatic rings. The van der Waals surface area contributed by atoms with Crippen LogP contribution in [0.2, 0.25) is 0 Å². The number of rotatable bonds is 5. The molecule has 1 aromatic heterocycles. The molecule has 0 spiro atoms. The van der Waals surface area contributed by atoms with E-state index in [9.17, 15) is 4.79 Å².